The molecule has 1 N–H and O–H groups in total. The van der Waals surface area contributed by atoms with Gasteiger partial charge >= 0.3 is 5.97 Å². The number of para-hydroxylation sites is 1. The smallest absolute Gasteiger partial charge is 0.311 e. The number of hydrogen-bond donors (Lipinski definition) is 1. The van der Waals surface area contributed by atoms with Crippen LogP contribution < -0.4 is 0 Å². The second-order valence-corrected chi connectivity index (χ2v) is 7.03. The highest BCUT2D eigenvalue weighted by molar-refractivity contribution is 5.87. The van der Waals surface area contributed by atoms with Crippen LogP contribution in [0.4, 0.5) is 0 Å². The Morgan fingerprint density at radius 3 is 2.54 bits per heavy atom. The number of furan rings is 1. The highest BCUT2D eigenvalue weighted by Crippen LogP contribution is 2.39. The van der Waals surface area contributed by atoms with Gasteiger partial charge in [-0.25, -0.2) is 0 Å². The first-order valence-electron chi connectivity index (χ1n) is 8.36. The lowest BCUT2D eigenvalue weighted by Crippen LogP contribution is -2.41. The molecule has 2 heterocycles. The summed E-state index contributed by atoms with van der Waals surface area (Å²) in [7, 11) is 0. The summed E-state index contributed by atoms with van der Waals surface area (Å²) in [6.07, 6.45) is 0.499. The lowest BCUT2D eigenvalue weighted by atomic mass is 9.76. The number of rotatable bonds is 4. The Hall–Kier alpha value is -2.30. The number of carbonyl (C=O) groups excluding carboxylic acids is 1. The van der Waals surface area contributed by atoms with E-state index in [9.17, 15) is 14.7 Å². The molecule has 2 aromatic rings. The third kappa shape index (κ3) is 2.58. The predicted octanol–water partition coefficient (Wildman–Crippen LogP) is 3.50. The lowest BCUT2D eigenvalue weighted by molar-refractivity contribution is -0.151. The molecule has 5 heteroatoms. The van der Waals surface area contributed by atoms with Crippen LogP contribution >= 0.6 is 0 Å². The molecule has 0 saturated carbocycles. The van der Waals surface area contributed by atoms with Gasteiger partial charge < -0.3 is 14.4 Å². The molecular weight excluding hydrogens is 306 g/mol. The van der Waals surface area contributed by atoms with Crippen molar-refractivity contribution in [2.45, 2.75) is 33.1 Å². The molecule has 24 heavy (non-hydrogen) atoms. The van der Waals surface area contributed by atoms with Crippen molar-refractivity contribution in [3.63, 3.8) is 0 Å². The molecule has 0 bridgehead atoms. The molecular formula is C19H23NO4. The number of carboxylic acid groups (broad SMARTS) is 1. The standard InChI is InChI=1S/C19H23NO4/c1-12(2)19(18(22)23)8-9-20(11-19)17(21)13(3)16-10-14-6-4-5-7-15(14)24-16/h4-7,10,12-13H,8-9,11H2,1-3H3,(H,22,23). The summed E-state index contributed by atoms with van der Waals surface area (Å²) in [5, 5.41) is 10.6. The Labute approximate surface area is 141 Å². The van der Waals surface area contributed by atoms with E-state index in [0.717, 1.165) is 11.0 Å². The van der Waals surface area contributed by atoms with E-state index in [1.54, 1.807) is 4.90 Å². The first-order valence-corrected chi connectivity index (χ1v) is 8.36. The van der Waals surface area contributed by atoms with E-state index in [1.807, 2.05) is 51.1 Å². The molecule has 1 aromatic heterocycles. The molecule has 1 amide bonds. The fourth-order valence-corrected chi connectivity index (χ4v) is 3.53. The molecule has 128 valence electrons. The molecule has 1 aromatic carbocycles. The summed E-state index contributed by atoms with van der Waals surface area (Å²) >= 11 is 0. The normalized spacial score (nSPS) is 22.2. The summed E-state index contributed by atoms with van der Waals surface area (Å²) in [5.74, 6) is -0.705. The first kappa shape index (κ1) is 16.6. The zero-order chi connectivity index (χ0) is 17.5. The number of nitrogens with zero attached hydrogens (tertiary/aromatic N) is 1. The number of amides is 1. The molecule has 2 atom stereocenters. The van der Waals surface area contributed by atoms with Crippen molar-refractivity contribution >= 4 is 22.8 Å². The lowest BCUT2D eigenvalue weighted by Gasteiger charge is -2.29. The van der Waals surface area contributed by atoms with E-state index >= 15 is 0 Å². The number of fused-ring (bicyclic) bond motifs is 1. The maximum atomic E-state index is 12.8. The zero-order valence-corrected chi connectivity index (χ0v) is 14.3. The average Bonchev–Trinajstić information content (AvgIpc) is 3.18. The van der Waals surface area contributed by atoms with E-state index in [0.29, 0.717) is 18.7 Å². The molecule has 1 fully saturated rings. The van der Waals surface area contributed by atoms with Crippen LogP contribution in [0.2, 0.25) is 0 Å². The highest BCUT2D eigenvalue weighted by atomic mass is 16.4. The topological polar surface area (TPSA) is 70.8 Å². The predicted molar refractivity (Wildman–Crippen MR) is 90.7 cm³/mol. The van der Waals surface area contributed by atoms with Gasteiger partial charge in [0.05, 0.1) is 11.3 Å². The largest absolute Gasteiger partial charge is 0.481 e. The minimum atomic E-state index is -0.844. The van der Waals surface area contributed by atoms with E-state index in [1.165, 1.54) is 0 Å². The first-order chi connectivity index (χ1) is 11.3. The molecule has 3 rings (SSSR count). The van der Waals surface area contributed by atoms with Crippen molar-refractivity contribution in [2.24, 2.45) is 11.3 Å². The van der Waals surface area contributed by atoms with E-state index < -0.39 is 17.3 Å². The van der Waals surface area contributed by atoms with Gasteiger partial charge in [0, 0.05) is 18.5 Å². The third-order valence-corrected chi connectivity index (χ3v) is 5.39. The van der Waals surface area contributed by atoms with E-state index in [4.69, 9.17) is 4.42 Å². The van der Waals surface area contributed by atoms with Gasteiger partial charge in [0.1, 0.15) is 11.3 Å². The van der Waals surface area contributed by atoms with Crippen molar-refractivity contribution in [2.75, 3.05) is 13.1 Å². The second-order valence-electron chi connectivity index (χ2n) is 7.03. The maximum absolute atomic E-state index is 12.8. The van der Waals surface area contributed by atoms with Crippen LogP contribution in [0, 0.1) is 11.3 Å². The molecule has 0 radical (unpaired) electrons. The molecule has 2 unspecified atom stereocenters. The molecule has 1 aliphatic rings. The maximum Gasteiger partial charge on any atom is 0.311 e. The van der Waals surface area contributed by atoms with Crippen LogP contribution in [0.15, 0.2) is 34.7 Å². The number of aliphatic carboxylic acids is 1. The van der Waals surface area contributed by atoms with Crippen molar-refractivity contribution < 1.29 is 19.1 Å². The van der Waals surface area contributed by atoms with Crippen molar-refractivity contribution in [3.05, 3.63) is 36.1 Å². The number of benzene rings is 1. The molecule has 5 nitrogen and oxygen atoms in total. The van der Waals surface area contributed by atoms with Gasteiger partial charge in [-0.05, 0) is 31.4 Å². The van der Waals surface area contributed by atoms with Gasteiger partial charge in [0.15, 0.2) is 0 Å². The Morgan fingerprint density at radius 2 is 1.96 bits per heavy atom. The minimum Gasteiger partial charge on any atom is -0.481 e. The summed E-state index contributed by atoms with van der Waals surface area (Å²) in [5.41, 5.74) is -0.0841. The van der Waals surface area contributed by atoms with Crippen LogP contribution in [-0.2, 0) is 9.59 Å². The van der Waals surface area contributed by atoms with Gasteiger partial charge in [-0.3, -0.25) is 9.59 Å². The summed E-state index contributed by atoms with van der Waals surface area (Å²) in [6, 6.07) is 9.54. The summed E-state index contributed by atoms with van der Waals surface area (Å²) in [4.78, 5) is 26.2. The Kier molecular flexibility index (Phi) is 4.11. The highest BCUT2D eigenvalue weighted by Gasteiger charge is 2.49. The fourth-order valence-electron chi connectivity index (χ4n) is 3.53. The van der Waals surface area contributed by atoms with Crippen LogP contribution in [0.5, 0.6) is 0 Å². The van der Waals surface area contributed by atoms with Crippen molar-refractivity contribution in [3.8, 4) is 0 Å². The van der Waals surface area contributed by atoms with Crippen molar-refractivity contribution in [1.29, 1.82) is 0 Å². The number of carbonyl (C=O) groups is 2. The van der Waals surface area contributed by atoms with Gasteiger partial charge in [-0.15, -0.1) is 0 Å². The quantitative estimate of drug-likeness (QED) is 0.932. The van der Waals surface area contributed by atoms with Gasteiger partial charge in [0.25, 0.3) is 0 Å². The zero-order valence-electron chi connectivity index (χ0n) is 14.3. The number of carboxylic acids is 1. The second kappa shape index (κ2) is 5.96. The minimum absolute atomic E-state index is 0.0192. The van der Waals surface area contributed by atoms with Gasteiger partial charge in [-0.1, -0.05) is 32.0 Å². The SMILES string of the molecule is CC(C(=O)N1CCC(C(=O)O)(C(C)C)C1)c1cc2ccccc2o1. The number of likely N-dealkylation sites (tertiary alicyclic amines) is 1. The van der Waals surface area contributed by atoms with Gasteiger partial charge in [0.2, 0.25) is 5.91 Å². The van der Waals surface area contributed by atoms with Crippen LogP contribution in [0.25, 0.3) is 11.0 Å². The van der Waals surface area contributed by atoms with E-state index in [2.05, 4.69) is 0 Å². The van der Waals surface area contributed by atoms with Crippen LogP contribution in [0.1, 0.15) is 38.9 Å². The summed E-state index contributed by atoms with van der Waals surface area (Å²) < 4.78 is 5.79. The van der Waals surface area contributed by atoms with Crippen LogP contribution in [-0.4, -0.2) is 35.0 Å². The average molecular weight is 329 g/mol. The van der Waals surface area contributed by atoms with Gasteiger partial charge in [-0.2, -0.15) is 0 Å². The van der Waals surface area contributed by atoms with Crippen LogP contribution in [0.3, 0.4) is 0 Å². The molecule has 1 saturated heterocycles. The Morgan fingerprint density at radius 1 is 1.25 bits per heavy atom. The van der Waals surface area contributed by atoms with E-state index in [-0.39, 0.29) is 18.4 Å². The monoisotopic (exact) mass is 329 g/mol. The fraction of sp³-hybridized carbons (Fsp3) is 0.474. The van der Waals surface area contributed by atoms with Crippen molar-refractivity contribution in [1.82, 2.24) is 4.90 Å². The molecule has 1 aliphatic heterocycles. The Balaban J connectivity index is 1.80. The molecule has 0 aliphatic carbocycles. The third-order valence-electron chi connectivity index (χ3n) is 5.39. The molecule has 0 spiro atoms. The number of hydrogen-bond acceptors (Lipinski definition) is 3. The summed E-state index contributed by atoms with van der Waals surface area (Å²) in [6.45, 7) is 6.38. The Bertz CT molecular complexity index is 746.